The van der Waals surface area contributed by atoms with Crippen molar-refractivity contribution in [1.82, 2.24) is 5.32 Å². The van der Waals surface area contributed by atoms with Crippen molar-refractivity contribution < 1.29 is 13.2 Å². The second kappa shape index (κ2) is 7.56. The maximum atomic E-state index is 12.5. The van der Waals surface area contributed by atoms with Crippen LogP contribution in [0.3, 0.4) is 0 Å². The molecule has 1 aromatic rings. The zero-order chi connectivity index (χ0) is 18.8. The summed E-state index contributed by atoms with van der Waals surface area (Å²) in [4.78, 5) is 14.8. The molecule has 26 heavy (non-hydrogen) atoms. The number of hydrogen-bond acceptors (Lipinski definition) is 5. The SMILES string of the molecule is C[C@H](N[C@]1(C)CCS(=O)(=O)C1)C(=O)Nc1ccc(N2CCCCC2)cc1. The van der Waals surface area contributed by atoms with Crippen molar-refractivity contribution in [3.63, 3.8) is 0 Å². The Bertz CT molecular complexity index is 742. The number of amides is 1. The Morgan fingerprint density at radius 1 is 1.15 bits per heavy atom. The number of nitrogens with zero attached hydrogens (tertiary/aromatic N) is 1. The number of carbonyl (C=O) groups excluding carboxylic acids is 1. The van der Waals surface area contributed by atoms with Gasteiger partial charge in [-0.1, -0.05) is 0 Å². The molecule has 2 aliphatic heterocycles. The lowest BCUT2D eigenvalue weighted by Crippen LogP contribution is -2.52. The molecule has 2 heterocycles. The molecule has 0 unspecified atom stereocenters. The van der Waals surface area contributed by atoms with E-state index >= 15 is 0 Å². The van der Waals surface area contributed by atoms with Crippen molar-refractivity contribution in [1.29, 1.82) is 0 Å². The van der Waals surface area contributed by atoms with Gasteiger partial charge >= 0.3 is 0 Å². The van der Waals surface area contributed by atoms with Crippen LogP contribution in [0.15, 0.2) is 24.3 Å². The molecule has 144 valence electrons. The van der Waals surface area contributed by atoms with Crippen LogP contribution in [-0.4, -0.2) is 50.5 Å². The normalized spacial score (nSPS) is 26.5. The molecule has 0 aliphatic carbocycles. The summed E-state index contributed by atoms with van der Waals surface area (Å²) in [7, 11) is -3.00. The summed E-state index contributed by atoms with van der Waals surface area (Å²) >= 11 is 0. The van der Waals surface area contributed by atoms with Crippen molar-refractivity contribution in [2.45, 2.75) is 51.1 Å². The van der Waals surface area contributed by atoms with Gasteiger partial charge in [-0.25, -0.2) is 8.42 Å². The summed E-state index contributed by atoms with van der Waals surface area (Å²) in [5.41, 5.74) is 1.42. The predicted octanol–water partition coefficient (Wildman–Crippen LogP) is 2.17. The zero-order valence-corrected chi connectivity index (χ0v) is 16.4. The number of rotatable bonds is 5. The van der Waals surface area contributed by atoms with Gasteiger partial charge in [0.2, 0.25) is 5.91 Å². The molecule has 2 fully saturated rings. The lowest BCUT2D eigenvalue weighted by atomic mass is 10.0. The average Bonchev–Trinajstić information content (AvgIpc) is 2.89. The van der Waals surface area contributed by atoms with Gasteiger partial charge in [-0.2, -0.15) is 0 Å². The molecule has 0 spiro atoms. The molecule has 0 saturated carbocycles. The molecule has 2 saturated heterocycles. The summed E-state index contributed by atoms with van der Waals surface area (Å²) in [6.45, 7) is 5.82. The summed E-state index contributed by atoms with van der Waals surface area (Å²) < 4.78 is 23.4. The van der Waals surface area contributed by atoms with Gasteiger partial charge in [0.15, 0.2) is 9.84 Å². The van der Waals surface area contributed by atoms with E-state index in [9.17, 15) is 13.2 Å². The minimum atomic E-state index is -3.00. The van der Waals surface area contributed by atoms with E-state index in [1.165, 1.54) is 24.9 Å². The van der Waals surface area contributed by atoms with E-state index in [1.807, 2.05) is 31.2 Å². The van der Waals surface area contributed by atoms with Crippen LogP contribution in [0, 0.1) is 0 Å². The first-order valence-corrected chi connectivity index (χ1v) is 11.2. The molecule has 3 rings (SSSR count). The highest BCUT2D eigenvalue weighted by molar-refractivity contribution is 7.91. The second-order valence-corrected chi connectivity index (χ2v) is 10.0. The molecule has 2 aliphatic rings. The first-order valence-electron chi connectivity index (χ1n) is 9.40. The largest absolute Gasteiger partial charge is 0.372 e. The van der Waals surface area contributed by atoms with E-state index in [-0.39, 0.29) is 17.4 Å². The molecule has 7 heteroatoms. The van der Waals surface area contributed by atoms with E-state index in [2.05, 4.69) is 15.5 Å². The minimum Gasteiger partial charge on any atom is -0.372 e. The average molecular weight is 380 g/mol. The molecular weight excluding hydrogens is 350 g/mol. The molecule has 1 amide bonds. The lowest BCUT2D eigenvalue weighted by Gasteiger charge is -2.29. The van der Waals surface area contributed by atoms with Crippen molar-refractivity contribution in [2.75, 3.05) is 34.8 Å². The molecular formula is C19H29N3O3S. The highest BCUT2D eigenvalue weighted by Crippen LogP contribution is 2.24. The van der Waals surface area contributed by atoms with Crippen LogP contribution in [-0.2, 0) is 14.6 Å². The van der Waals surface area contributed by atoms with E-state index in [1.54, 1.807) is 6.92 Å². The van der Waals surface area contributed by atoms with Gasteiger partial charge < -0.3 is 10.2 Å². The summed E-state index contributed by atoms with van der Waals surface area (Å²) in [6, 6.07) is 7.48. The number of hydrogen-bond donors (Lipinski definition) is 2. The van der Waals surface area contributed by atoms with Gasteiger partial charge in [0.1, 0.15) is 0 Å². The zero-order valence-electron chi connectivity index (χ0n) is 15.6. The maximum Gasteiger partial charge on any atom is 0.241 e. The number of benzene rings is 1. The Kier molecular flexibility index (Phi) is 5.58. The van der Waals surface area contributed by atoms with Gasteiger partial charge in [0.25, 0.3) is 0 Å². The molecule has 6 nitrogen and oxygen atoms in total. The number of sulfone groups is 1. The lowest BCUT2D eigenvalue weighted by molar-refractivity contribution is -0.118. The third kappa shape index (κ3) is 4.76. The number of carbonyl (C=O) groups is 1. The van der Waals surface area contributed by atoms with Gasteiger partial charge in [-0.3, -0.25) is 10.1 Å². The third-order valence-electron chi connectivity index (χ3n) is 5.32. The minimum absolute atomic E-state index is 0.0855. The van der Waals surface area contributed by atoms with Gasteiger partial charge in [-0.05, 0) is 63.8 Å². The van der Waals surface area contributed by atoms with E-state index in [0.717, 1.165) is 18.8 Å². The number of piperidine rings is 1. The Hall–Kier alpha value is -1.60. The van der Waals surface area contributed by atoms with Crippen molar-refractivity contribution in [3.05, 3.63) is 24.3 Å². The maximum absolute atomic E-state index is 12.5. The van der Waals surface area contributed by atoms with Crippen LogP contribution in [0.4, 0.5) is 11.4 Å². The second-order valence-electron chi connectivity index (χ2n) is 7.85. The van der Waals surface area contributed by atoms with Crippen molar-refractivity contribution >= 4 is 27.1 Å². The Morgan fingerprint density at radius 2 is 1.81 bits per heavy atom. The first-order chi connectivity index (χ1) is 12.3. The fraction of sp³-hybridized carbons (Fsp3) is 0.632. The third-order valence-corrected chi connectivity index (χ3v) is 7.22. The van der Waals surface area contributed by atoms with Crippen molar-refractivity contribution in [2.24, 2.45) is 0 Å². The fourth-order valence-electron chi connectivity index (χ4n) is 3.87. The molecule has 0 bridgehead atoms. The summed E-state index contributed by atoms with van der Waals surface area (Å²) in [5, 5.41) is 6.11. The van der Waals surface area contributed by atoms with E-state index < -0.39 is 21.4 Å². The standard InChI is InChI=1S/C19H29N3O3S/c1-15(21-19(2)10-13-26(24,25)14-19)18(23)20-16-6-8-17(9-7-16)22-11-4-3-5-12-22/h6-9,15,21H,3-5,10-14H2,1-2H3,(H,20,23)/t15-,19+/m0/s1. The Balaban J connectivity index is 1.55. The molecule has 2 atom stereocenters. The monoisotopic (exact) mass is 379 g/mol. The summed E-state index contributed by atoms with van der Waals surface area (Å²) in [5.74, 6) is 0.117. The molecule has 0 radical (unpaired) electrons. The molecule has 1 aromatic carbocycles. The Morgan fingerprint density at radius 3 is 2.38 bits per heavy atom. The highest BCUT2D eigenvalue weighted by Gasteiger charge is 2.39. The summed E-state index contributed by atoms with van der Waals surface area (Å²) in [6.07, 6.45) is 4.31. The van der Waals surface area contributed by atoms with Crippen LogP contribution in [0.25, 0.3) is 0 Å². The highest BCUT2D eigenvalue weighted by atomic mass is 32.2. The number of nitrogens with one attached hydrogen (secondary N) is 2. The van der Waals surface area contributed by atoms with E-state index in [4.69, 9.17) is 0 Å². The van der Waals surface area contributed by atoms with Gasteiger partial charge in [-0.15, -0.1) is 0 Å². The number of anilines is 2. The predicted molar refractivity (Wildman–Crippen MR) is 105 cm³/mol. The Labute approximate surface area is 156 Å². The first kappa shape index (κ1) is 19.2. The van der Waals surface area contributed by atoms with Crippen molar-refractivity contribution in [3.8, 4) is 0 Å². The van der Waals surface area contributed by atoms with Crippen LogP contribution < -0.4 is 15.5 Å². The quantitative estimate of drug-likeness (QED) is 0.820. The van der Waals surface area contributed by atoms with Gasteiger partial charge in [0.05, 0.1) is 17.5 Å². The van der Waals surface area contributed by atoms with Crippen LogP contribution in [0.2, 0.25) is 0 Å². The van der Waals surface area contributed by atoms with Crippen LogP contribution >= 0.6 is 0 Å². The molecule has 2 N–H and O–H groups in total. The molecule has 0 aromatic heterocycles. The van der Waals surface area contributed by atoms with Gasteiger partial charge in [0, 0.05) is 30.0 Å². The van der Waals surface area contributed by atoms with E-state index in [0.29, 0.717) is 6.42 Å². The fourth-order valence-corrected chi connectivity index (χ4v) is 5.98. The smallest absolute Gasteiger partial charge is 0.241 e. The van der Waals surface area contributed by atoms with Crippen LogP contribution in [0.5, 0.6) is 0 Å². The van der Waals surface area contributed by atoms with Crippen LogP contribution in [0.1, 0.15) is 39.5 Å². The topological polar surface area (TPSA) is 78.5 Å².